The molecule has 3 fully saturated rings. The monoisotopic (exact) mass is 139 g/mol. The van der Waals surface area contributed by atoms with Gasteiger partial charge < -0.3 is 10.5 Å². The maximum absolute atomic E-state index is 5.98. The van der Waals surface area contributed by atoms with E-state index in [1.807, 2.05) is 0 Å². The second kappa shape index (κ2) is 1.56. The summed E-state index contributed by atoms with van der Waals surface area (Å²) >= 11 is 0. The number of ether oxygens (including phenoxy) is 1. The molecule has 0 radical (unpaired) electrons. The van der Waals surface area contributed by atoms with Gasteiger partial charge in [-0.1, -0.05) is 0 Å². The molecule has 0 aromatic carbocycles. The Balaban J connectivity index is 2.00. The molecular formula is C8H13NO. The molecule has 0 aromatic rings. The van der Waals surface area contributed by atoms with E-state index in [0.717, 1.165) is 24.4 Å². The summed E-state index contributed by atoms with van der Waals surface area (Å²) in [4.78, 5) is 0. The summed E-state index contributed by atoms with van der Waals surface area (Å²) in [5.74, 6) is 2.54. The number of hydrogen-bond acceptors (Lipinski definition) is 2. The largest absolute Gasteiger partial charge is 0.376 e. The van der Waals surface area contributed by atoms with Gasteiger partial charge in [-0.05, 0) is 30.6 Å². The topological polar surface area (TPSA) is 35.2 Å². The summed E-state index contributed by atoms with van der Waals surface area (Å²) in [7, 11) is 0. The molecule has 0 amide bonds. The molecule has 1 heterocycles. The second-order valence-electron chi connectivity index (χ2n) is 4.03. The van der Waals surface area contributed by atoms with Crippen molar-refractivity contribution in [2.45, 2.75) is 25.0 Å². The van der Waals surface area contributed by atoms with Crippen molar-refractivity contribution in [1.29, 1.82) is 0 Å². The molecule has 3 aliphatic rings. The third kappa shape index (κ3) is 0.453. The Labute approximate surface area is 60.7 Å². The molecule has 2 saturated carbocycles. The van der Waals surface area contributed by atoms with Crippen molar-refractivity contribution in [2.24, 2.45) is 23.5 Å². The van der Waals surface area contributed by atoms with E-state index in [-0.39, 0.29) is 0 Å². The molecule has 2 N–H and O–H groups in total. The lowest BCUT2D eigenvalue weighted by molar-refractivity contribution is 0.0879. The zero-order valence-corrected chi connectivity index (χ0v) is 5.99. The number of nitrogens with two attached hydrogens (primary N) is 1. The Bertz CT molecular complexity index is 169. The normalized spacial score (nSPS) is 63.9. The highest BCUT2D eigenvalue weighted by Crippen LogP contribution is 2.52. The lowest BCUT2D eigenvalue weighted by Gasteiger charge is -2.22. The van der Waals surface area contributed by atoms with Crippen molar-refractivity contribution >= 4 is 0 Å². The van der Waals surface area contributed by atoms with Crippen LogP contribution in [0.3, 0.4) is 0 Å². The SMILES string of the molecule is N[C@H]1[C@@H]2C[C@H]3CO[C@@H]1[C@@H]3C2. The summed E-state index contributed by atoms with van der Waals surface area (Å²) in [6.45, 7) is 1.000. The molecular weight excluding hydrogens is 126 g/mol. The molecule has 1 aliphatic heterocycles. The number of hydrogen-bond donors (Lipinski definition) is 1. The van der Waals surface area contributed by atoms with Crippen LogP contribution >= 0.6 is 0 Å². The average Bonchev–Trinajstić information content (AvgIpc) is 2.43. The Morgan fingerprint density at radius 3 is 2.80 bits per heavy atom. The minimum atomic E-state index is 0.378. The third-order valence-electron chi connectivity index (χ3n) is 3.63. The van der Waals surface area contributed by atoms with Crippen molar-refractivity contribution in [3.63, 3.8) is 0 Å². The third-order valence-corrected chi connectivity index (χ3v) is 3.63. The zero-order valence-electron chi connectivity index (χ0n) is 5.99. The van der Waals surface area contributed by atoms with E-state index in [1.54, 1.807) is 0 Å². The van der Waals surface area contributed by atoms with Gasteiger partial charge in [0.25, 0.3) is 0 Å². The van der Waals surface area contributed by atoms with E-state index in [1.165, 1.54) is 12.8 Å². The van der Waals surface area contributed by atoms with Crippen LogP contribution in [0.4, 0.5) is 0 Å². The van der Waals surface area contributed by atoms with Gasteiger partial charge in [0.1, 0.15) is 0 Å². The van der Waals surface area contributed by atoms with Crippen molar-refractivity contribution in [1.82, 2.24) is 0 Å². The molecule has 2 aliphatic carbocycles. The van der Waals surface area contributed by atoms with Crippen LogP contribution in [-0.4, -0.2) is 18.8 Å². The first kappa shape index (κ1) is 5.56. The van der Waals surface area contributed by atoms with Gasteiger partial charge in [0.2, 0.25) is 0 Å². The van der Waals surface area contributed by atoms with Gasteiger partial charge in [0.15, 0.2) is 0 Å². The minimum absolute atomic E-state index is 0.378. The fourth-order valence-corrected chi connectivity index (χ4v) is 3.13. The van der Waals surface area contributed by atoms with Crippen LogP contribution < -0.4 is 5.73 Å². The smallest absolute Gasteiger partial charge is 0.0760 e. The van der Waals surface area contributed by atoms with Crippen molar-refractivity contribution < 1.29 is 4.74 Å². The van der Waals surface area contributed by atoms with Crippen molar-refractivity contribution in [2.75, 3.05) is 6.61 Å². The molecule has 3 rings (SSSR count). The Kier molecular flexibility index (Phi) is 0.868. The lowest BCUT2D eigenvalue weighted by atomic mass is 9.87. The minimum Gasteiger partial charge on any atom is -0.376 e. The van der Waals surface area contributed by atoms with Crippen LogP contribution in [0.15, 0.2) is 0 Å². The molecule has 5 atom stereocenters. The van der Waals surface area contributed by atoms with Gasteiger partial charge in [-0.2, -0.15) is 0 Å². The molecule has 2 bridgehead atoms. The van der Waals surface area contributed by atoms with Gasteiger partial charge in [-0.25, -0.2) is 0 Å². The molecule has 0 spiro atoms. The van der Waals surface area contributed by atoms with E-state index >= 15 is 0 Å². The maximum Gasteiger partial charge on any atom is 0.0760 e. The van der Waals surface area contributed by atoms with Crippen LogP contribution in [-0.2, 0) is 4.74 Å². The molecule has 0 unspecified atom stereocenters. The molecule has 2 heteroatoms. The fourth-order valence-electron chi connectivity index (χ4n) is 3.13. The van der Waals surface area contributed by atoms with Crippen LogP contribution in [0.2, 0.25) is 0 Å². The lowest BCUT2D eigenvalue weighted by Crippen LogP contribution is -2.39. The summed E-state index contributed by atoms with van der Waals surface area (Å²) in [6.07, 6.45) is 3.16. The predicted molar refractivity (Wildman–Crippen MR) is 37.4 cm³/mol. The van der Waals surface area contributed by atoms with Gasteiger partial charge in [0, 0.05) is 6.04 Å². The highest BCUT2D eigenvalue weighted by atomic mass is 16.5. The molecule has 0 aromatic heterocycles. The van der Waals surface area contributed by atoms with Gasteiger partial charge in [-0.3, -0.25) is 0 Å². The van der Waals surface area contributed by atoms with Crippen molar-refractivity contribution in [3.8, 4) is 0 Å². The van der Waals surface area contributed by atoms with E-state index < -0.39 is 0 Å². The Hall–Kier alpha value is -0.0800. The zero-order chi connectivity index (χ0) is 6.72. The highest BCUT2D eigenvalue weighted by Gasteiger charge is 2.55. The first-order valence-electron chi connectivity index (χ1n) is 4.23. The van der Waals surface area contributed by atoms with E-state index in [4.69, 9.17) is 10.5 Å². The first-order valence-corrected chi connectivity index (χ1v) is 4.23. The Morgan fingerprint density at radius 1 is 1.20 bits per heavy atom. The summed E-state index contributed by atoms with van der Waals surface area (Å²) < 4.78 is 5.62. The Morgan fingerprint density at radius 2 is 2.10 bits per heavy atom. The summed E-state index contributed by atoms with van der Waals surface area (Å²) in [5.41, 5.74) is 5.98. The highest BCUT2D eigenvalue weighted by molar-refractivity contribution is 5.07. The van der Waals surface area contributed by atoms with Gasteiger partial charge >= 0.3 is 0 Å². The van der Waals surface area contributed by atoms with Crippen molar-refractivity contribution in [3.05, 3.63) is 0 Å². The van der Waals surface area contributed by atoms with Crippen LogP contribution in [0.25, 0.3) is 0 Å². The quantitative estimate of drug-likeness (QED) is 0.526. The van der Waals surface area contributed by atoms with Gasteiger partial charge in [-0.15, -0.1) is 0 Å². The van der Waals surface area contributed by atoms with Gasteiger partial charge in [0.05, 0.1) is 12.7 Å². The molecule has 2 nitrogen and oxygen atoms in total. The number of fused-ring (bicyclic) bond motifs is 1. The van der Waals surface area contributed by atoms with E-state index in [9.17, 15) is 0 Å². The molecule has 10 heavy (non-hydrogen) atoms. The molecule has 56 valence electrons. The van der Waals surface area contributed by atoms with Crippen LogP contribution in [0.5, 0.6) is 0 Å². The fraction of sp³-hybridized carbons (Fsp3) is 1.00. The average molecular weight is 139 g/mol. The predicted octanol–water partition coefficient (Wildman–Crippen LogP) is 0.368. The maximum atomic E-state index is 5.98. The first-order chi connectivity index (χ1) is 4.86. The van der Waals surface area contributed by atoms with E-state index in [2.05, 4.69) is 0 Å². The van der Waals surface area contributed by atoms with Crippen LogP contribution in [0.1, 0.15) is 12.8 Å². The summed E-state index contributed by atoms with van der Waals surface area (Å²) in [6, 6.07) is 0.378. The standard InChI is InChI=1S/C8H13NO/c9-7-4-1-5-3-10-8(7)6(5)2-4/h4-8H,1-3,9H2/t4-,5+,6-,7+,8-/m1/s1. The van der Waals surface area contributed by atoms with E-state index in [0.29, 0.717) is 12.1 Å². The molecule has 1 saturated heterocycles. The van der Waals surface area contributed by atoms with Crippen LogP contribution in [0, 0.1) is 17.8 Å². The second-order valence-corrected chi connectivity index (χ2v) is 4.03. The number of rotatable bonds is 0. The summed E-state index contributed by atoms with van der Waals surface area (Å²) in [5, 5.41) is 0.